The number of rotatable bonds is 7. The fourth-order valence-electron chi connectivity index (χ4n) is 2.87. The normalized spacial score (nSPS) is 12.4. The molecule has 7 heteroatoms. The summed E-state index contributed by atoms with van der Waals surface area (Å²) < 4.78 is 11.1. The van der Waals surface area contributed by atoms with Crippen molar-refractivity contribution in [2.75, 3.05) is 30.8 Å². The fraction of sp³-hybridized carbons (Fsp3) is 0.333. The van der Waals surface area contributed by atoms with Crippen LogP contribution in [0.25, 0.3) is 0 Å². The summed E-state index contributed by atoms with van der Waals surface area (Å²) in [5.74, 6) is 1.70. The van der Waals surface area contributed by atoms with E-state index in [2.05, 4.69) is 5.32 Å². The predicted molar refractivity (Wildman–Crippen MR) is 110 cm³/mol. The second-order valence-corrected chi connectivity index (χ2v) is 7.42. The number of ether oxygens (including phenoxy) is 2. The highest BCUT2D eigenvalue weighted by Crippen LogP contribution is 2.34. The summed E-state index contributed by atoms with van der Waals surface area (Å²) in [5.41, 5.74) is 1.71. The van der Waals surface area contributed by atoms with Gasteiger partial charge in [0.25, 0.3) is 0 Å². The van der Waals surface area contributed by atoms with Gasteiger partial charge in [-0.05, 0) is 42.8 Å². The minimum Gasteiger partial charge on any atom is -0.486 e. The highest BCUT2D eigenvalue weighted by atomic mass is 32.2. The van der Waals surface area contributed by atoms with Crippen LogP contribution in [0.1, 0.15) is 19.4 Å². The van der Waals surface area contributed by atoms with Gasteiger partial charge in [0.1, 0.15) is 13.2 Å². The van der Waals surface area contributed by atoms with Crippen LogP contribution in [-0.2, 0) is 16.1 Å². The third-order valence-electron chi connectivity index (χ3n) is 4.29. The number of amides is 2. The van der Waals surface area contributed by atoms with Crippen molar-refractivity contribution in [3.63, 3.8) is 0 Å². The molecule has 2 aromatic rings. The lowest BCUT2D eigenvalue weighted by atomic mass is 10.2. The SMILES string of the molecule is CCN(Cc1cccc(NC(=O)CSc2ccc3c(c2)OCCO3)c1)C(C)=O. The van der Waals surface area contributed by atoms with Gasteiger partial charge in [0, 0.05) is 30.6 Å². The second kappa shape index (κ2) is 9.50. The van der Waals surface area contributed by atoms with E-state index in [0.717, 1.165) is 27.6 Å². The van der Waals surface area contributed by atoms with Gasteiger partial charge >= 0.3 is 0 Å². The summed E-state index contributed by atoms with van der Waals surface area (Å²) in [4.78, 5) is 26.6. The maximum absolute atomic E-state index is 12.3. The van der Waals surface area contributed by atoms with Gasteiger partial charge in [0.2, 0.25) is 11.8 Å². The van der Waals surface area contributed by atoms with Crippen molar-refractivity contribution >= 4 is 29.3 Å². The number of carbonyl (C=O) groups excluding carboxylic acids is 2. The number of hydrogen-bond acceptors (Lipinski definition) is 5. The van der Waals surface area contributed by atoms with Gasteiger partial charge in [-0.15, -0.1) is 11.8 Å². The molecule has 0 fully saturated rings. The number of anilines is 1. The molecule has 6 nitrogen and oxygen atoms in total. The van der Waals surface area contributed by atoms with Crippen LogP contribution >= 0.6 is 11.8 Å². The van der Waals surface area contributed by atoms with Gasteiger partial charge in [-0.25, -0.2) is 0 Å². The fourth-order valence-corrected chi connectivity index (χ4v) is 3.60. The molecule has 28 heavy (non-hydrogen) atoms. The lowest BCUT2D eigenvalue weighted by molar-refractivity contribution is -0.129. The molecule has 0 aromatic heterocycles. The molecule has 1 aliphatic rings. The molecular formula is C21H24N2O4S. The van der Waals surface area contributed by atoms with Crippen LogP contribution in [0.15, 0.2) is 47.4 Å². The Morgan fingerprint density at radius 3 is 2.64 bits per heavy atom. The minimum absolute atomic E-state index is 0.0350. The van der Waals surface area contributed by atoms with E-state index in [9.17, 15) is 9.59 Å². The Bertz CT molecular complexity index is 856. The molecule has 3 rings (SSSR count). The summed E-state index contributed by atoms with van der Waals surface area (Å²) in [6, 6.07) is 13.3. The van der Waals surface area contributed by atoms with E-state index < -0.39 is 0 Å². The number of carbonyl (C=O) groups is 2. The van der Waals surface area contributed by atoms with Crippen LogP contribution in [0, 0.1) is 0 Å². The Hall–Kier alpha value is -2.67. The molecule has 2 aromatic carbocycles. The molecular weight excluding hydrogens is 376 g/mol. The molecule has 1 aliphatic heterocycles. The first-order valence-corrected chi connectivity index (χ1v) is 10.2. The highest BCUT2D eigenvalue weighted by Gasteiger charge is 2.13. The third-order valence-corrected chi connectivity index (χ3v) is 5.29. The number of benzene rings is 2. The molecule has 0 radical (unpaired) electrons. The van der Waals surface area contributed by atoms with Crippen molar-refractivity contribution in [3.05, 3.63) is 48.0 Å². The maximum Gasteiger partial charge on any atom is 0.234 e. The van der Waals surface area contributed by atoms with Gasteiger partial charge in [0.05, 0.1) is 5.75 Å². The van der Waals surface area contributed by atoms with Crippen LogP contribution in [0.2, 0.25) is 0 Å². The first-order valence-electron chi connectivity index (χ1n) is 9.22. The summed E-state index contributed by atoms with van der Waals surface area (Å²) in [6.45, 7) is 5.78. The number of nitrogens with zero attached hydrogens (tertiary/aromatic N) is 1. The summed E-state index contributed by atoms with van der Waals surface area (Å²) in [7, 11) is 0. The average molecular weight is 401 g/mol. The second-order valence-electron chi connectivity index (χ2n) is 6.38. The molecule has 148 valence electrons. The maximum atomic E-state index is 12.3. The van der Waals surface area contributed by atoms with E-state index in [-0.39, 0.29) is 11.8 Å². The first-order chi connectivity index (χ1) is 13.5. The first kappa shape index (κ1) is 20.1. The van der Waals surface area contributed by atoms with Crippen molar-refractivity contribution in [1.29, 1.82) is 0 Å². The van der Waals surface area contributed by atoms with Crippen LogP contribution in [0.3, 0.4) is 0 Å². The molecule has 0 aliphatic carbocycles. The van der Waals surface area contributed by atoms with Crippen molar-refractivity contribution in [1.82, 2.24) is 4.90 Å². The van der Waals surface area contributed by atoms with Gasteiger partial charge in [-0.2, -0.15) is 0 Å². The number of thioether (sulfide) groups is 1. The van der Waals surface area contributed by atoms with Crippen molar-refractivity contribution in [2.24, 2.45) is 0 Å². The number of fused-ring (bicyclic) bond motifs is 1. The Kier molecular flexibility index (Phi) is 6.81. The number of hydrogen-bond donors (Lipinski definition) is 1. The Balaban J connectivity index is 1.55. The summed E-state index contributed by atoms with van der Waals surface area (Å²) in [6.07, 6.45) is 0. The smallest absolute Gasteiger partial charge is 0.234 e. The molecule has 0 saturated heterocycles. The number of nitrogens with one attached hydrogen (secondary N) is 1. The molecule has 1 N–H and O–H groups in total. The van der Waals surface area contributed by atoms with E-state index in [0.29, 0.717) is 32.1 Å². The van der Waals surface area contributed by atoms with E-state index in [4.69, 9.17) is 9.47 Å². The monoisotopic (exact) mass is 400 g/mol. The predicted octanol–water partition coefficient (Wildman–Crippen LogP) is 3.56. The van der Waals surface area contributed by atoms with Gasteiger partial charge in [-0.1, -0.05) is 12.1 Å². The Labute approximate surface area is 169 Å². The minimum atomic E-state index is -0.0871. The van der Waals surface area contributed by atoms with Crippen molar-refractivity contribution in [3.8, 4) is 11.5 Å². The zero-order valence-corrected chi connectivity index (χ0v) is 16.9. The van der Waals surface area contributed by atoms with E-state index in [1.807, 2.05) is 49.4 Å². The van der Waals surface area contributed by atoms with E-state index in [1.165, 1.54) is 11.8 Å². The average Bonchev–Trinajstić information content (AvgIpc) is 2.70. The molecule has 2 amide bonds. The van der Waals surface area contributed by atoms with Gasteiger partial charge < -0.3 is 19.7 Å². The molecule has 0 bridgehead atoms. The Morgan fingerprint density at radius 2 is 1.89 bits per heavy atom. The molecule has 0 spiro atoms. The topological polar surface area (TPSA) is 67.9 Å². The highest BCUT2D eigenvalue weighted by molar-refractivity contribution is 8.00. The third kappa shape index (κ3) is 5.42. The van der Waals surface area contributed by atoms with Crippen LogP contribution in [0.5, 0.6) is 11.5 Å². The van der Waals surface area contributed by atoms with Crippen LogP contribution in [-0.4, -0.2) is 42.2 Å². The Morgan fingerprint density at radius 1 is 1.11 bits per heavy atom. The molecule has 1 heterocycles. The quantitative estimate of drug-likeness (QED) is 0.720. The lowest BCUT2D eigenvalue weighted by Gasteiger charge is -2.19. The van der Waals surface area contributed by atoms with Crippen molar-refractivity contribution < 1.29 is 19.1 Å². The molecule has 0 unspecified atom stereocenters. The largest absolute Gasteiger partial charge is 0.486 e. The standard InChI is InChI=1S/C21H24N2O4S/c1-3-23(15(2)24)13-16-5-4-6-17(11-16)22-21(25)14-28-18-7-8-19-20(12-18)27-10-9-26-19/h4-8,11-12H,3,9-10,13-14H2,1-2H3,(H,22,25). The van der Waals surface area contributed by atoms with Crippen molar-refractivity contribution in [2.45, 2.75) is 25.3 Å². The van der Waals surface area contributed by atoms with Gasteiger partial charge in [0.15, 0.2) is 11.5 Å². The summed E-state index contributed by atoms with van der Waals surface area (Å²) in [5, 5.41) is 2.92. The van der Waals surface area contributed by atoms with E-state index >= 15 is 0 Å². The lowest BCUT2D eigenvalue weighted by Crippen LogP contribution is -2.27. The summed E-state index contributed by atoms with van der Waals surface area (Å²) >= 11 is 1.44. The van der Waals surface area contributed by atoms with E-state index in [1.54, 1.807) is 11.8 Å². The van der Waals surface area contributed by atoms with Gasteiger partial charge in [-0.3, -0.25) is 9.59 Å². The zero-order valence-electron chi connectivity index (χ0n) is 16.1. The van der Waals surface area contributed by atoms with Crippen LogP contribution < -0.4 is 14.8 Å². The molecule has 0 atom stereocenters. The molecule has 0 saturated carbocycles. The zero-order chi connectivity index (χ0) is 19.9. The van der Waals surface area contributed by atoms with Crippen LogP contribution in [0.4, 0.5) is 5.69 Å².